The third kappa shape index (κ3) is 4.60. The summed E-state index contributed by atoms with van der Waals surface area (Å²) in [6, 6.07) is 8.19. The fourth-order valence-corrected chi connectivity index (χ4v) is 2.36. The van der Waals surface area contributed by atoms with Crippen molar-refractivity contribution in [2.24, 2.45) is 0 Å². The summed E-state index contributed by atoms with van der Waals surface area (Å²) in [5.41, 5.74) is 2.26. The van der Waals surface area contributed by atoms with Gasteiger partial charge in [-0.25, -0.2) is 0 Å². The van der Waals surface area contributed by atoms with Crippen molar-refractivity contribution in [1.82, 2.24) is 0 Å². The van der Waals surface area contributed by atoms with Gasteiger partial charge in [-0.2, -0.15) is 0 Å². The van der Waals surface area contributed by atoms with Crippen LogP contribution in [0.2, 0.25) is 0 Å². The van der Waals surface area contributed by atoms with Gasteiger partial charge in [-0.3, -0.25) is 0 Å². The lowest BCUT2D eigenvalue weighted by molar-refractivity contribution is -0.0598. The Kier molecular flexibility index (Phi) is 5.83. The molecule has 106 valence electrons. The van der Waals surface area contributed by atoms with Gasteiger partial charge in [0.25, 0.3) is 0 Å². The lowest BCUT2D eigenvalue weighted by Crippen LogP contribution is -2.25. The van der Waals surface area contributed by atoms with Crippen molar-refractivity contribution in [1.29, 1.82) is 0 Å². The Morgan fingerprint density at radius 3 is 2.58 bits per heavy atom. The average molecular weight is 264 g/mol. The molecule has 1 atom stereocenters. The minimum atomic E-state index is -0.529. The van der Waals surface area contributed by atoms with Crippen molar-refractivity contribution < 1.29 is 14.6 Å². The van der Waals surface area contributed by atoms with Gasteiger partial charge >= 0.3 is 0 Å². The van der Waals surface area contributed by atoms with E-state index in [1.165, 1.54) is 5.56 Å². The molecule has 0 aromatic heterocycles. The van der Waals surface area contributed by atoms with E-state index in [0.717, 1.165) is 44.5 Å². The fraction of sp³-hybridized carbons (Fsp3) is 0.625. The topological polar surface area (TPSA) is 38.7 Å². The van der Waals surface area contributed by atoms with Crippen molar-refractivity contribution in [3.8, 4) is 0 Å². The normalized spacial score (nSPS) is 18.4. The summed E-state index contributed by atoms with van der Waals surface area (Å²) < 4.78 is 11.0. The van der Waals surface area contributed by atoms with E-state index in [-0.39, 0.29) is 6.10 Å². The van der Waals surface area contributed by atoms with Crippen molar-refractivity contribution in [2.75, 3.05) is 19.8 Å². The van der Waals surface area contributed by atoms with E-state index >= 15 is 0 Å². The fourth-order valence-electron chi connectivity index (χ4n) is 2.36. The third-order valence-electron chi connectivity index (χ3n) is 3.56. The molecular formula is C16H24O3. The molecule has 19 heavy (non-hydrogen) atoms. The summed E-state index contributed by atoms with van der Waals surface area (Å²) in [7, 11) is 0. The number of hydrogen-bond donors (Lipinski definition) is 1. The average Bonchev–Trinajstić information content (AvgIpc) is 2.47. The maximum absolute atomic E-state index is 10.1. The van der Waals surface area contributed by atoms with Crippen LogP contribution in [0, 0.1) is 0 Å². The lowest BCUT2D eigenvalue weighted by Gasteiger charge is -2.23. The first-order chi connectivity index (χ1) is 9.29. The van der Waals surface area contributed by atoms with E-state index < -0.39 is 6.10 Å². The highest BCUT2D eigenvalue weighted by atomic mass is 16.5. The number of hydrogen-bond acceptors (Lipinski definition) is 3. The van der Waals surface area contributed by atoms with Crippen LogP contribution >= 0.6 is 0 Å². The first kappa shape index (κ1) is 14.5. The predicted molar refractivity (Wildman–Crippen MR) is 75.2 cm³/mol. The first-order valence-corrected chi connectivity index (χ1v) is 7.26. The predicted octanol–water partition coefficient (Wildman–Crippen LogP) is 2.87. The quantitative estimate of drug-likeness (QED) is 0.858. The monoisotopic (exact) mass is 264 g/mol. The van der Waals surface area contributed by atoms with Gasteiger partial charge in [-0.15, -0.1) is 0 Å². The number of aliphatic hydroxyl groups is 1. The molecule has 1 N–H and O–H groups in total. The van der Waals surface area contributed by atoms with Crippen LogP contribution in [0.15, 0.2) is 24.3 Å². The highest BCUT2D eigenvalue weighted by molar-refractivity contribution is 5.24. The minimum Gasteiger partial charge on any atom is -0.386 e. The molecule has 0 bridgehead atoms. The maximum atomic E-state index is 10.1. The Labute approximate surface area is 115 Å². The molecule has 1 aromatic carbocycles. The molecule has 0 aliphatic carbocycles. The Morgan fingerprint density at radius 1 is 1.26 bits per heavy atom. The molecule has 1 heterocycles. The molecule has 0 saturated carbocycles. The summed E-state index contributed by atoms with van der Waals surface area (Å²) >= 11 is 0. The largest absolute Gasteiger partial charge is 0.386 e. The van der Waals surface area contributed by atoms with Crippen molar-refractivity contribution in [3.63, 3.8) is 0 Å². The number of aryl methyl sites for hydroxylation is 1. The van der Waals surface area contributed by atoms with E-state index in [9.17, 15) is 5.11 Å². The second-order valence-electron chi connectivity index (χ2n) is 5.15. The molecule has 1 aromatic rings. The Bertz CT molecular complexity index is 355. The van der Waals surface area contributed by atoms with E-state index in [0.29, 0.717) is 6.61 Å². The van der Waals surface area contributed by atoms with Crippen molar-refractivity contribution in [2.45, 2.75) is 44.8 Å². The van der Waals surface area contributed by atoms with Crippen LogP contribution in [0.4, 0.5) is 0 Å². The summed E-state index contributed by atoms with van der Waals surface area (Å²) in [5.74, 6) is 0. The van der Waals surface area contributed by atoms with Crippen LogP contribution in [0.25, 0.3) is 0 Å². The van der Waals surface area contributed by atoms with Crippen LogP contribution < -0.4 is 0 Å². The van der Waals surface area contributed by atoms with Gasteiger partial charge in [0.1, 0.15) is 6.10 Å². The van der Waals surface area contributed by atoms with Gasteiger partial charge < -0.3 is 14.6 Å². The summed E-state index contributed by atoms with van der Waals surface area (Å²) in [4.78, 5) is 0. The van der Waals surface area contributed by atoms with E-state index in [1.807, 2.05) is 12.1 Å². The third-order valence-corrected chi connectivity index (χ3v) is 3.56. The summed E-state index contributed by atoms with van der Waals surface area (Å²) in [5, 5.41) is 10.1. The van der Waals surface area contributed by atoms with Crippen LogP contribution in [-0.2, 0) is 15.9 Å². The van der Waals surface area contributed by atoms with Crippen LogP contribution in [0.3, 0.4) is 0 Å². The zero-order chi connectivity index (χ0) is 13.5. The molecule has 1 unspecified atom stereocenters. The second kappa shape index (κ2) is 7.63. The Hall–Kier alpha value is -0.900. The van der Waals surface area contributed by atoms with E-state index in [1.54, 1.807) is 0 Å². The number of rotatable bonds is 6. The first-order valence-electron chi connectivity index (χ1n) is 7.26. The smallest absolute Gasteiger partial charge is 0.102 e. The molecule has 1 saturated heterocycles. The number of ether oxygens (including phenoxy) is 2. The number of aliphatic hydroxyl groups excluding tert-OH is 1. The maximum Gasteiger partial charge on any atom is 0.102 e. The van der Waals surface area contributed by atoms with Crippen LogP contribution in [0.1, 0.15) is 43.4 Å². The minimum absolute atomic E-state index is 0.239. The van der Waals surface area contributed by atoms with Gasteiger partial charge in [0.15, 0.2) is 0 Å². The molecule has 1 fully saturated rings. The SMILES string of the molecule is CCCc1ccc(C(O)COC2CCOCC2)cc1. The summed E-state index contributed by atoms with van der Waals surface area (Å²) in [6.45, 7) is 4.08. The molecule has 0 radical (unpaired) electrons. The molecule has 0 spiro atoms. The van der Waals surface area contributed by atoms with Gasteiger partial charge in [-0.1, -0.05) is 37.6 Å². The molecule has 0 amide bonds. The van der Waals surface area contributed by atoms with Gasteiger partial charge in [-0.05, 0) is 30.4 Å². The molecule has 1 aliphatic heterocycles. The van der Waals surface area contributed by atoms with Crippen LogP contribution in [0.5, 0.6) is 0 Å². The summed E-state index contributed by atoms with van der Waals surface area (Å²) in [6.07, 6.45) is 3.81. The lowest BCUT2D eigenvalue weighted by atomic mass is 10.0. The number of benzene rings is 1. The highest BCUT2D eigenvalue weighted by Crippen LogP contribution is 2.18. The standard InChI is InChI=1S/C16H24O3/c1-2-3-13-4-6-14(7-5-13)16(17)12-19-15-8-10-18-11-9-15/h4-7,15-17H,2-3,8-12H2,1H3. The Balaban J connectivity index is 1.79. The van der Waals surface area contributed by atoms with Gasteiger partial charge in [0.05, 0.1) is 12.7 Å². The molecule has 2 rings (SSSR count). The molecular weight excluding hydrogens is 240 g/mol. The van der Waals surface area contributed by atoms with E-state index in [2.05, 4.69) is 19.1 Å². The molecule has 1 aliphatic rings. The molecule has 3 nitrogen and oxygen atoms in total. The zero-order valence-corrected chi connectivity index (χ0v) is 11.7. The van der Waals surface area contributed by atoms with Gasteiger partial charge in [0.2, 0.25) is 0 Å². The zero-order valence-electron chi connectivity index (χ0n) is 11.7. The van der Waals surface area contributed by atoms with Gasteiger partial charge in [0, 0.05) is 13.2 Å². The van der Waals surface area contributed by atoms with Crippen molar-refractivity contribution in [3.05, 3.63) is 35.4 Å². The second-order valence-corrected chi connectivity index (χ2v) is 5.15. The van der Waals surface area contributed by atoms with Crippen LogP contribution in [-0.4, -0.2) is 31.0 Å². The van der Waals surface area contributed by atoms with E-state index in [4.69, 9.17) is 9.47 Å². The molecule has 3 heteroatoms. The van der Waals surface area contributed by atoms with Crippen molar-refractivity contribution >= 4 is 0 Å². The highest BCUT2D eigenvalue weighted by Gasteiger charge is 2.16. The Morgan fingerprint density at radius 2 is 1.95 bits per heavy atom.